The third-order valence-corrected chi connectivity index (χ3v) is 2.80. The molecule has 0 atom stereocenters. The maximum atomic E-state index is 13.6. The van der Waals surface area contributed by atoms with Crippen molar-refractivity contribution in [2.75, 3.05) is 6.54 Å². The van der Waals surface area contributed by atoms with Gasteiger partial charge in [-0.2, -0.15) is 0 Å². The molecular formula is C9H10F2N2O3S. The highest BCUT2D eigenvalue weighted by Gasteiger charge is 2.22. The van der Waals surface area contributed by atoms with Crippen LogP contribution in [0.1, 0.15) is 17.3 Å². The first-order chi connectivity index (χ1) is 7.77. The van der Waals surface area contributed by atoms with E-state index in [2.05, 4.69) is 5.32 Å². The largest absolute Gasteiger partial charge is 0.352 e. The highest BCUT2D eigenvalue weighted by atomic mass is 32.2. The first-order valence-electron chi connectivity index (χ1n) is 4.57. The molecule has 0 aliphatic heterocycles. The zero-order valence-electron chi connectivity index (χ0n) is 8.83. The maximum absolute atomic E-state index is 13.6. The van der Waals surface area contributed by atoms with E-state index in [0.29, 0.717) is 12.1 Å². The Morgan fingerprint density at radius 2 is 2.00 bits per heavy atom. The topological polar surface area (TPSA) is 89.3 Å². The Kier molecular flexibility index (Phi) is 3.79. The van der Waals surface area contributed by atoms with Gasteiger partial charge in [0.05, 0.1) is 5.56 Å². The Hall–Kier alpha value is -1.54. The van der Waals surface area contributed by atoms with Crippen LogP contribution in [-0.4, -0.2) is 20.9 Å². The van der Waals surface area contributed by atoms with Crippen LogP contribution in [0.5, 0.6) is 0 Å². The minimum atomic E-state index is -4.42. The van der Waals surface area contributed by atoms with E-state index in [0.717, 1.165) is 0 Å². The van der Waals surface area contributed by atoms with Crippen LogP contribution in [-0.2, 0) is 10.0 Å². The molecule has 0 spiro atoms. The van der Waals surface area contributed by atoms with Gasteiger partial charge in [-0.3, -0.25) is 4.79 Å². The van der Waals surface area contributed by atoms with Crippen LogP contribution in [0, 0.1) is 11.6 Å². The number of amides is 1. The summed E-state index contributed by atoms with van der Waals surface area (Å²) in [4.78, 5) is 10.3. The van der Waals surface area contributed by atoms with Crippen molar-refractivity contribution in [1.29, 1.82) is 0 Å². The Morgan fingerprint density at radius 3 is 2.47 bits per heavy atom. The summed E-state index contributed by atoms with van der Waals surface area (Å²) < 4.78 is 48.7. The molecule has 1 rings (SSSR count). The number of hydrogen-bond acceptors (Lipinski definition) is 3. The lowest BCUT2D eigenvalue weighted by Crippen LogP contribution is -2.25. The molecule has 0 radical (unpaired) electrons. The Bertz CT molecular complexity index is 558. The molecule has 0 aromatic heterocycles. The van der Waals surface area contributed by atoms with E-state index < -0.39 is 38.0 Å². The van der Waals surface area contributed by atoms with Crippen molar-refractivity contribution >= 4 is 15.9 Å². The van der Waals surface area contributed by atoms with E-state index in [9.17, 15) is 22.0 Å². The second-order valence-corrected chi connectivity index (χ2v) is 4.70. The molecule has 94 valence electrons. The van der Waals surface area contributed by atoms with E-state index >= 15 is 0 Å². The number of nitrogens with one attached hydrogen (secondary N) is 1. The zero-order valence-corrected chi connectivity index (χ0v) is 9.64. The van der Waals surface area contributed by atoms with E-state index in [4.69, 9.17) is 5.14 Å². The number of hydrogen-bond donors (Lipinski definition) is 2. The summed E-state index contributed by atoms with van der Waals surface area (Å²) in [5.41, 5.74) is -0.698. The maximum Gasteiger partial charge on any atom is 0.254 e. The predicted molar refractivity (Wildman–Crippen MR) is 55.7 cm³/mol. The van der Waals surface area contributed by atoms with Gasteiger partial charge in [0.25, 0.3) is 5.91 Å². The molecule has 0 saturated heterocycles. The monoisotopic (exact) mass is 264 g/mol. The number of carbonyl (C=O) groups excluding carboxylic acids is 1. The standard InChI is InChI=1S/C9H10F2N2O3S/c1-2-13-9(14)6-3-5(10)4-7(8(6)11)17(12,15)16/h3-4H,2H2,1H3,(H,13,14)(H2,12,15,16). The van der Waals surface area contributed by atoms with E-state index in [1.807, 2.05) is 0 Å². The van der Waals surface area contributed by atoms with Crippen molar-refractivity contribution in [2.24, 2.45) is 5.14 Å². The van der Waals surface area contributed by atoms with Crippen LogP contribution in [0.4, 0.5) is 8.78 Å². The van der Waals surface area contributed by atoms with Crippen LogP contribution in [0.25, 0.3) is 0 Å². The Morgan fingerprint density at radius 1 is 1.41 bits per heavy atom. The van der Waals surface area contributed by atoms with Gasteiger partial charge in [0.1, 0.15) is 10.7 Å². The Labute approximate surface area is 96.7 Å². The lowest BCUT2D eigenvalue weighted by molar-refractivity contribution is 0.0950. The first kappa shape index (κ1) is 13.5. The quantitative estimate of drug-likeness (QED) is 0.826. The van der Waals surface area contributed by atoms with Gasteiger partial charge in [-0.25, -0.2) is 22.3 Å². The first-order valence-corrected chi connectivity index (χ1v) is 6.12. The molecular weight excluding hydrogens is 254 g/mol. The molecule has 0 aliphatic carbocycles. The van der Waals surface area contributed by atoms with Crippen molar-refractivity contribution in [3.63, 3.8) is 0 Å². The third-order valence-electron chi connectivity index (χ3n) is 1.89. The van der Waals surface area contributed by atoms with Gasteiger partial charge < -0.3 is 5.32 Å². The molecule has 0 saturated carbocycles. The third kappa shape index (κ3) is 2.98. The van der Waals surface area contributed by atoms with Crippen LogP contribution >= 0.6 is 0 Å². The lowest BCUT2D eigenvalue weighted by Gasteiger charge is -2.07. The summed E-state index contributed by atoms with van der Waals surface area (Å²) in [6, 6.07) is 1.03. The molecule has 0 heterocycles. The molecule has 0 bridgehead atoms. The summed E-state index contributed by atoms with van der Waals surface area (Å²) in [6.07, 6.45) is 0. The van der Waals surface area contributed by atoms with Crippen molar-refractivity contribution in [3.8, 4) is 0 Å². The lowest BCUT2D eigenvalue weighted by atomic mass is 10.2. The molecule has 0 unspecified atom stereocenters. The van der Waals surface area contributed by atoms with E-state index in [1.54, 1.807) is 6.92 Å². The van der Waals surface area contributed by atoms with Crippen molar-refractivity contribution < 1.29 is 22.0 Å². The predicted octanol–water partition coefficient (Wildman–Crippen LogP) is 0.362. The molecule has 3 N–H and O–H groups in total. The summed E-state index contributed by atoms with van der Waals surface area (Å²) in [6.45, 7) is 1.77. The number of benzene rings is 1. The number of carbonyl (C=O) groups is 1. The van der Waals surface area contributed by atoms with Gasteiger partial charge in [0, 0.05) is 6.54 Å². The number of rotatable bonds is 3. The summed E-state index contributed by atoms with van der Waals surface area (Å²) >= 11 is 0. The summed E-state index contributed by atoms with van der Waals surface area (Å²) in [5, 5.41) is 6.93. The highest BCUT2D eigenvalue weighted by molar-refractivity contribution is 7.89. The van der Waals surface area contributed by atoms with Crippen molar-refractivity contribution in [3.05, 3.63) is 29.3 Å². The van der Waals surface area contributed by atoms with Crippen molar-refractivity contribution in [1.82, 2.24) is 5.32 Å². The minimum absolute atomic E-state index is 0.194. The van der Waals surface area contributed by atoms with Gasteiger partial charge >= 0.3 is 0 Å². The fraction of sp³-hybridized carbons (Fsp3) is 0.222. The fourth-order valence-electron chi connectivity index (χ4n) is 1.19. The Balaban J connectivity index is 3.44. The SMILES string of the molecule is CCNC(=O)c1cc(F)cc(S(N)(=O)=O)c1F. The van der Waals surface area contributed by atoms with Crippen molar-refractivity contribution in [2.45, 2.75) is 11.8 Å². The van der Waals surface area contributed by atoms with Crippen LogP contribution in [0.2, 0.25) is 0 Å². The van der Waals surface area contributed by atoms with Gasteiger partial charge in [-0.15, -0.1) is 0 Å². The van der Waals surface area contributed by atoms with E-state index in [-0.39, 0.29) is 6.54 Å². The highest BCUT2D eigenvalue weighted by Crippen LogP contribution is 2.19. The van der Waals surface area contributed by atoms with Crippen LogP contribution in [0.15, 0.2) is 17.0 Å². The second kappa shape index (κ2) is 4.76. The zero-order chi connectivity index (χ0) is 13.2. The second-order valence-electron chi connectivity index (χ2n) is 3.17. The van der Waals surface area contributed by atoms with Gasteiger partial charge in [0.2, 0.25) is 10.0 Å². The van der Waals surface area contributed by atoms with E-state index in [1.165, 1.54) is 0 Å². The molecule has 8 heteroatoms. The number of sulfonamides is 1. The number of nitrogens with two attached hydrogens (primary N) is 1. The fourth-order valence-corrected chi connectivity index (χ4v) is 1.83. The smallest absolute Gasteiger partial charge is 0.254 e. The summed E-state index contributed by atoms with van der Waals surface area (Å²) in [7, 11) is -4.42. The van der Waals surface area contributed by atoms with Crippen LogP contribution in [0.3, 0.4) is 0 Å². The molecule has 1 aromatic carbocycles. The molecule has 1 amide bonds. The number of halogens is 2. The summed E-state index contributed by atoms with van der Waals surface area (Å²) in [5.74, 6) is -3.33. The van der Waals surface area contributed by atoms with Crippen LogP contribution < -0.4 is 10.5 Å². The minimum Gasteiger partial charge on any atom is -0.352 e. The molecule has 1 aromatic rings. The molecule has 5 nitrogen and oxygen atoms in total. The average Bonchev–Trinajstić information content (AvgIpc) is 2.19. The molecule has 0 aliphatic rings. The van der Waals surface area contributed by atoms with Gasteiger partial charge in [-0.1, -0.05) is 0 Å². The number of primary sulfonamides is 1. The molecule has 17 heavy (non-hydrogen) atoms. The van der Waals surface area contributed by atoms with Gasteiger partial charge in [-0.05, 0) is 19.1 Å². The normalized spacial score (nSPS) is 11.3. The average molecular weight is 264 g/mol. The van der Waals surface area contributed by atoms with Gasteiger partial charge in [0.15, 0.2) is 5.82 Å². The molecule has 0 fully saturated rings.